The number of amides is 4. The number of hydrogen-bond donors (Lipinski definition) is 3. The highest BCUT2D eigenvalue weighted by Gasteiger charge is 2.69. The monoisotopic (exact) mass is 678 g/mol. The number of urea groups is 1. The van der Waals surface area contributed by atoms with Crippen molar-refractivity contribution in [2.45, 2.75) is 118 Å². The largest absolute Gasteiger partial charge is 0.460 e. The molecule has 11 heteroatoms. The predicted octanol–water partition coefficient (Wildman–Crippen LogP) is 3.74. The number of piperidine rings is 1. The average molecular weight is 679 g/mol. The van der Waals surface area contributed by atoms with E-state index in [4.69, 9.17) is 10.5 Å². The molecule has 268 valence electrons. The maximum atomic E-state index is 14.4. The molecule has 0 bridgehead atoms. The third-order valence-electron chi connectivity index (χ3n) is 11.3. The Labute approximate surface area is 289 Å². The van der Waals surface area contributed by atoms with Crippen LogP contribution in [0, 0.1) is 39.9 Å². The quantitative estimate of drug-likeness (QED) is 0.224. The molecule has 4 aliphatic rings. The van der Waals surface area contributed by atoms with E-state index >= 15 is 0 Å². The number of likely N-dealkylation sites (tertiary alicyclic amines) is 1. The molecule has 1 aromatic carbocycles. The SMILES string of the molecule is CC(C)(C)[C@@H](NC(=O)N[C@@H](C(=O)N1C[C@H]2[C@@H]([C@H]1C(=O)CC(CC1CC1)C(=O)C(N)=O)C2(C)C)C(C)(C)C)C(=O)OC1Cc2ccccc2C1. The van der Waals surface area contributed by atoms with Gasteiger partial charge < -0.3 is 26.0 Å². The Morgan fingerprint density at radius 3 is 1.98 bits per heavy atom. The van der Waals surface area contributed by atoms with E-state index in [1.54, 1.807) is 4.90 Å². The van der Waals surface area contributed by atoms with E-state index in [1.165, 1.54) is 0 Å². The van der Waals surface area contributed by atoms with E-state index in [-0.39, 0.29) is 35.6 Å². The maximum Gasteiger partial charge on any atom is 0.329 e. The van der Waals surface area contributed by atoms with Gasteiger partial charge in [0.15, 0.2) is 5.78 Å². The average Bonchev–Trinajstić information content (AvgIpc) is 3.75. The summed E-state index contributed by atoms with van der Waals surface area (Å²) in [6, 6.07) is 4.47. The van der Waals surface area contributed by atoms with E-state index in [0.717, 1.165) is 24.0 Å². The number of benzene rings is 1. The summed E-state index contributed by atoms with van der Waals surface area (Å²) in [5.41, 5.74) is 6.01. The molecule has 5 rings (SSSR count). The van der Waals surface area contributed by atoms with Crippen molar-refractivity contribution < 1.29 is 33.5 Å². The Morgan fingerprint density at radius 2 is 1.47 bits per heavy atom. The summed E-state index contributed by atoms with van der Waals surface area (Å²) < 4.78 is 5.90. The number of esters is 1. The molecule has 1 aliphatic heterocycles. The summed E-state index contributed by atoms with van der Waals surface area (Å²) in [7, 11) is 0. The third-order valence-corrected chi connectivity index (χ3v) is 11.3. The topological polar surface area (TPSA) is 165 Å². The lowest BCUT2D eigenvalue weighted by atomic mass is 9.84. The van der Waals surface area contributed by atoms with Crippen LogP contribution in [0.3, 0.4) is 0 Å². The van der Waals surface area contributed by atoms with Crippen LogP contribution in [0.25, 0.3) is 0 Å². The number of nitrogens with two attached hydrogens (primary N) is 1. The molecule has 4 amide bonds. The molecule has 2 saturated carbocycles. The van der Waals surface area contributed by atoms with Crippen molar-refractivity contribution in [2.24, 2.45) is 45.7 Å². The number of fused-ring (bicyclic) bond motifs is 2. The number of carbonyl (C=O) groups excluding carboxylic acids is 6. The zero-order valence-electron chi connectivity index (χ0n) is 30.3. The van der Waals surface area contributed by atoms with E-state index in [1.807, 2.05) is 65.8 Å². The van der Waals surface area contributed by atoms with E-state index < -0.39 is 64.5 Å². The molecule has 0 radical (unpaired) electrons. The first-order valence-electron chi connectivity index (χ1n) is 17.7. The van der Waals surface area contributed by atoms with E-state index in [2.05, 4.69) is 24.5 Å². The first kappa shape index (κ1) is 36.5. The summed E-state index contributed by atoms with van der Waals surface area (Å²) in [6.45, 7) is 15.5. The standard InChI is InChI=1S/C38H54N4O7/c1-36(2,3)30(40-35(48)41-31(37(4,5)6)34(47)49-24-16-21-11-9-10-12-22(21)17-24)33(46)42-19-25-27(38(25,7)8)28(42)26(43)18-23(15-20-13-14-20)29(44)32(39)45/h9-12,20,23-25,27-28,30-31H,13-19H2,1-8H3,(H2,39,45)(H2,40,41,48)/t23?,25-,27-,28+,30-,31-/m0/s1. The van der Waals surface area contributed by atoms with Gasteiger partial charge in [-0.1, -0.05) is 92.5 Å². The van der Waals surface area contributed by atoms with Crippen LogP contribution in [0.1, 0.15) is 92.2 Å². The fourth-order valence-electron chi connectivity index (χ4n) is 8.07. The van der Waals surface area contributed by atoms with Gasteiger partial charge in [-0.05, 0) is 51.5 Å². The summed E-state index contributed by atoms with van der Waals surface area (Å²) >= 11 is 0. The number of Topliss-reactive ketones (excluding diaryl/α,β-unsaturated/α-hetero) is 2. The van der Waals surface area contributed by atoms with Gasteiger partial charge in [-0.2, -0.15) is 0 Å². The second kappa shape index (κ2) is 13.2. The summed E-state index contributed by atoms with van der Waals surface area (Å²) in [4.78, 5) is 81.6. The second-order valence-corrected chi connectivity index (χ2v) is 17.6. The van der Waals surface area contributed by atoms with Crippen molar-refractivity contribution in [3.63, 3.8) is 0 Å². The van der Waals surface area contributed by atoms with Crippen LogP contribution in [0.4, 0.5) is 4.79 Å². The zero-order chi connectivity index (χ0) is 36.2. The van der Waals surface area contributed by atoms with Crippen molar-refractivity contribution in [1.29, 1.82) is 0 Å². The Balaban J connectivity index is 1.29. The van der Waals surface area contributed by atoms with Gasteiger partial charge in [0.1, 0.15) is 18.2 Å². The first-order chi connectivity index (χ1) is 22.7. The van der Waals surface area contributed by atoms with Gasteiger partial charge >= 0.3 is 12.0 Å². The number of hydrogen-bond acceptors (Lipinski definition) is 7. The second-order valence-electron chi connectivity index (χ2n) is 17.6. The number of carbonyl (C=O) groups is 6. The van der Waals surface area contributed by atoms with Crippen LogP contribution in [-0.4, -0.2) is 71.1 Å². The number of nitrogens with one attached hydrogen (secondary N) is 2. The van der Waals surface area contributed by atoms with E-state index in [0.29, 0.717) is 31.7 Å². The lowest BCUT2D eigenvalue weighted by Gasteiger charge is -2.38. The van der Waals surface area contributed by atoms with Crippen molar-refractivity contribution in [1.82, 2.24) is 15.5 Å². The molecule has 49 heavy (non-hydrogen) atoms. The summed E-state index contributed by atoms with van der Waals surface area (Å²) in [5, 5.41) is 5.64. The molecule has 1 unspecified atom stereocenters. The minimum Gasteiger partial charge on any atom is -0.460 e. The van der Waals surface area contributed by atoms with Crippen molar-refractivity contribution in [3.05, 3.63) is 35.4 Å². The first-order valence-corrected chi connectivity index (χ1v) is 17.7. The normalized spacial score (nSPS) is 24.6. The molecule has 3 fully saturated rings. The Bertz CT molecular complexity index is 1490. The molecular weight excluding hydrogens is 624 g/mol. The Kier molecular flexibility index (Phi) is 9.82. The van der Waals surface area contributed by atoms with Gasteiger partial charge in [0, 0.05) is 31.7 Å². The highest BCUT2D eigenvalue weighted by Crippen LogP contribution is 2.65. The molecule has 0 aromatic heterocycles. The Hall–Kier alpha value is -3.76. The lowest BCUT2D eigenvalue weighted by Crippen LogP contribution is -2.61. The molecule has 4 N–H and O–H groups in total. The molecule has 1 aromatic rings. The molecule has 1 heterocycles. The van der Waals surface area contributed by atoms with Crippen LogP contribution >= 0.6 is 0 Å². The molecule has 3 aliphatic carbocycles. The van der Waals surface area contributed by atoms with Crippen molar-refractivity contribution >= 4 is 35.4 Å². The molecule has 0 spiro atoms. The highest BCUT2D eigenvalue weighted by molar-refractivity contribution is 6.36. The van der Waals surface area contributed by atoms with Crippen molar-refractivity contribution in [2.75, 3.05) is 6.54 Å². The molecule has 6 atom stereocenters. The number of primary amides is 1. The van der Waals surface area contributed by atoms with Gasteiger partial charge in [-0.3, -0.25) is 19.2 Å². The fraction of sp³-hybridized carbons (Fsp3) is 0.684. The van der Waals surface area contributed by atoms with Crippen LogP contribution in [0.15, 0.2) is 24.3 Å². The maximum absolute atomic E-state index is 14.4. The van der Waals surface area contributed by atoms with Gasteiger partial charge in [0.2, 0.25) is 11.7 Å². The van der Waals surface area contributed by atoms with Crippen LogP contribution in [0.2, 0.25) is 0 Å². The van der Waals surface area contributed by atoms with Gasteiger partial charge in [-0.15, -0.1) is 0 Å². The number of ketones is 2. The zero-order valence-corrected chi connectivity index (χ0v) is 30.3. The van der Waals surface area contributed by atoms with Crippen molar-refractivity contribution in [3.8, 4) is 0 Å². The van der Waals surface area contributed by atoms with Crippen LogP contribution in [0.5, 0.6) is 0 Å². The number of nitrogens with zero attached hydrogens (tertiary/aromatic N) is 1. The number of ether oxygens (including phenoxy) is 1. The fourth-order valence-corrected chi connectivity index (χ4v) is 8.07. The minimum atomic E-state index is -1.05. The van der Waals surface area contributed by atoms with Gasteiger partial charge in [0.05, 0.1) is 6.04 Å². The van der Waals surface area contributed by atoms with E-state index in [9.17, 15) is 28.8 Å². The molecular formula is C38H54N4O7. The predicted molar refractivity (Wildman–Crippen MR) is 183 cm³/mol. The number of rotatable bonds is 12. The summed E-state index contributed by atoms with van der Waals surface area (Å²) in [6.07, 6.45) is 3.07. The van der Waals surface area contributed by atoms with Crippen LogP contribution in [-0.2, 0) is 41.6 Å². The van der Waals surface area contributed by atoms with Gasteiger partial charge in [-0.25, -0.2) is 9.59 Å². The minimum absolute atomic E-state index is 0.0922. The van der Waals surface area contributed by atoms with Crippen LogP contribution < -0.4 is 16.4 Å². The molecule has 1 saturated heterocycles. The highest BCUT2D eigenvalue weighted by atomic mass is 16.5. The molecule has 11 nitrogen and oxygen atoms in total. The third kappa shape index (κ3) is 7.86. The lowest BCUT2D eigenvalue weighted by molar-refractivity contribution is -0.153. The summed E-state index contributed by atoms with van der Waals surface area (Å²) in [5.74, 6) is -3.49. The smallest absolute Gasteiger partial charge is 0.329 e. The Morgan fingerprint density at radius 1 is 0.918 bits per heavy atom. The van der Waals surface area contributed by atoms with Gasteiger partial charge in [0.25, 0.3) is 5.91 Å².